The molecule has 0 aromatic heterocycles. The molecule has 1 aliphatic rings. The lowest BCUT2D eigenvalue weighted by Crippen LogP contribution is -2.55. The van der Waals surface area contributed by atoms with E-state index in [1.165, 1.54) is 0 Å². The summed E-state index contributed by atoms with van der Waals surface area (Å²) in [7, 11) is 0. The van der Waals surface area contributed by atoms with Crippen LogP contribution in [-0.2, 0) is 5.54 Å². The molecule has 2 atom stereocenters. The predicted molar refractivity (Wildman–Crippen MR) is 119 cm³/mol. The highest BCUT2D eigenvalue weighted by molar-refractivity contribution is 5.99. The summed E-state index contributed by atoms with van der Waals surface area (Å²) in [5, 5.41) is 27.9. The number of benzene rings is 2. The van der Waals surface area contributed by atoms with Gasteiger partial charge in [-0.2, -0.15) is 0 Å². The van der Waals surface area contributed by atoms with Gasteiger partial charge in [0.05, 0.1) is 16.2 Å². The molecule has 2 aromatic carbocycles. The minimum absolute atomic E-state index is 0.0558. The molecule has 160 valence electrons. The van der Waals surface area contributed by atoms with Crippen LogP contribution in [0.3, 0.4) is 0 Å². The number of nitro groups is 1. The molecule has 0 radical (unpaired) electrons. The van der Waals surface area contributed by atoms with Crippen LogP contribution in [0.1, 0.15) is 63.1 Å². The third-order valence-corrected chi connectivity index (χ3v) is 6.03. The van der Waals surface area contributed by atoms with Gasteiger partial charge in [-0.25, -0.2) is 0 Å². The molecule has 7 nitrogen and oxygen atoms in total. The number of hydrogen-bond donors (Lipinski definition) is 3. The largest absolute Gasteiger partial charge is 0.411 e. The zero-order valence-electron chi connectivity index (χ0n) is 17.8. The van der Waals surface area contributed by atoms with Crippen molar-refractivity contribution in [3.63, 3.8) is 0 Å². The Balaban J connectivity index is 2.31. The first kappa shape index (κ1) is 21.9. The summed E-state index contributed by atoms with van der Waals surface area (Å²) in [6, 6.07) is 10.7. The van der Waals surface area contributed by atoms with Crippen LogP contribution in [0.15, 0.2) is 41.6 Å². The number of unbranched alkanes of at least 4 members (excludes halogenated alkanes) is 1. The highest BCUT2D eigenvalue weighted by Gasteiger charge is 2.47. The average molecular weight is 411 g/mol. The van der Waals surface area contributed by atoms with E-state index in [-0.39, 0.29) is 16.7 Å². The first-order valence-electron chi connectivity index (χ1n) is 10.5. The van der Waals surface area contributed by atoms with Crippen molar-refractivity contribution in [1.29, 1.82) is 0 Å². The fourth-order valence-electron chi connectivity index (χ4n) is 4.45. The quantitative estimate of drug-likeness (QED) is 0.185. The van der Waals surface area contributed by atoms with Crippen LogP contribution in [0.2, 0.25) is 0 Å². The second kappa shape index (κ2) is 8.93. The summed E-state index contributed by atoms with van der Waals surface area (Å²) < 4.78 is 0. The van der Waals surface area contributed by atoms with Gasteiger partial charge >= 0.3 is 0 Å². The lowest BCUT2D eigenvalue weighted by atomic mass is 9.78. The van der Waals surface area contributed by atoms with E-state index in [4.69, 9.17) is 5.73 Å². The number of oxime groups is 1. The molecule has 2 aromatic rings. The molecule has 2 unspecified atom stereocenters. The lowest BCUT2D eigenvalue weighted by Gasteiger charge is -2.39. The third kappa shape index (κ3) is 3.59. The smallest absolute Gasteiger partial charge is 0.269 e. The van der Waals surface area contributed by atoms with Gasteiger partial charge in [-0.1, -0.05) is 44.0 Å². The average Bonchev–Trinajstić information content (AvgIpc) is 3.03. The topological polar surface area (TPSA) is 114 Å². The van der Waals surface area contributed by atoms with Crippen molar-refractivity contribution >= 4 is 11.4 Å². The molecule has 0 heterocycles. The summed E-state index contributed by atoms with van der Waals surface area (Å²) in [5.74, 6) is 0. The van der Waals surface area contributed by atoms with Crippen LogP contribution in [0.5, 0.6) is 0 Å². The Bertz CT molecular complexity index is 973. The molecule has 7 heteroatoms. The van der Waals surface area contributed by atoms with Crippen molar-refractivity contribution in [2.75, 3.05) is 6.54 Å². The SMILES string of the molecule is CCCCNC1(C(N)CCC)c2cc(/C(C)=N/O)ccc2-c2ccc([N+](=O)[O-])cc21. The summed E-state index contributed by atoms with van der Waals surface area (Å²) in [4.78, 5) is 11.2. The molecule has 4 N–H and O–H groups in total. The monoisotopic (exact) mass is 410 g/mol. The van der Waals surface area contributed by atoms with Crippen LogP contribution in [0, 0.1) is 10.1 Å². The maximum atomic E-state index is 11.5. The number of rotatable bonds is 9. The van der Waals surface area contributed by atoms with Crippen molar-refractivity contribution in [3.05, 3.63) is 63.2 Å². The zero-order chi connectivity index (χ0) is 21.9. The summed E-state index contributed by atoms with van der Waals surface area (Å²) in [5.41, 5.74) is 11.2. The van der Waals surface area contributed by atoms with Gasteiger partial charge in [-0.3, -0.25) is 10.1 Å². The van der Waals surface area contributed by atoms with Gasteiger partial charge in [0.15, 0.2) is 0 Å². The second-order valence-corrected chi connectivity index (χ2v) is 7.92. The minimum Gasteiger partial charge on any atom is -0.411 e. The van der Waals surface area contributed by atoms with E-state index in [1.54, 1.807) is 19.1 Å². The van der Waals surface area contributed by atoms with Gasteiger partial charge in [0.2, 0.25) is 0 Å². The molecule has 0 aliphatic heterocycles. The number of nitrogens with one attached hydrogen (secondary N) is 1. The van der Waals surface area contributed by atoms with Gasteiger partial charge in [0.25, 0.3) is 5.69 Å². The molecular weight excluding hydrogens is 380 g/mol. The van der Waals surface area contributed by atoms with E-state index in [2.05, 4.69) is 24.3 Å². The number of non-ortho nitro benzene ring substituents is 1. The van der Waals surface area contributed by atoms with E-state index >= 15 is 0 Å². The molecular formula is C23H30N4O3. The van der Waals surface area contributed by atoms with Gasteiger partial charge in [0, 0.05) is 18.2 Å². The fraction of sp³-hybridized carbons (Fsp3) is 0.435. The highest BCUT2D eigenvalue weighted by atomic mass is 16.6. The molecule has 30 heavy (non-hydrogen) atoms. The summed E-state index contributed by atoms with van der Waals surface area (Å²) in [6.07, 6.45) is 3.65. The Hall–Kier alpha value is -2.77. The maximum absolute atomic E-state index is 11.5. The Labute approximate surface area is 177 Å². The molecule has 1 aliphatic carbocycles. The Morgan fingerprint density at radius 3 is 2.47 bits per heavy atom. The van der Waals surface area contributed by atoms with Crippen LogP contribution in [0.25, 0.3) is 11.1 Å². The summed E-state index contributed by atoms with van der Waals surface area (Å²) in [6.45, 7) is 6.70. The van der Waals surface area contributed by atoms with Crippen LogP contribution in [0.4, 0.5) is 5.69 Å². The molecule has 0 amide bonds. The van der Waals surface area contributed by atoms with E-state index < -0.39 is 5.54 Å². The summed E-state index contributed by atoms with van der Waals surface area (Å²) >= 11 is 0. The van der Waals surface area contributed by atoms with Crippen molar-refractivity contribution in [3.8, 4) is 11.1 Å². The molecule has 0 spiro atoms. The van der Waals surface area contributed by atoms with Gasteiger partial charge in [0.1, 0.15) is 0 Å². The van der Waals surface area contributed by atoms with Crippen molar-refractivity contribution in [2.45, 2.75) is 58.0 Å². The van der Waals surface area contributed by atoms with Crippen molar-refractivity contribution in [2.24, 2.45) is 10.9 Å². The molecule has 0 saturated heterocycles. The number of fused-ring (bicyclic) bond motifs is 3. The van der Waals surface area contributed by atoms with Gasteiger partial charge in [-0.05, 0) is 66.3 Å². The standard InChI is InChI=1S/C23H30N4O3/c1-4-6-12-25-23(22(24)7-5-2)20-13-16(15(3)26-28)8-10-18(20)19-11-9-17(27(29)30)14-21(19)23/h8-11,13-14,22,25,28H,4-7,12,24H2,1-3H3/b26-15+. The van der Waals surface area contributed by atoms with Crippen LogP contribution < -0.4 is 11.1 Å². The number of nitro benzene ring substituents is 1. The predicted octanol–water partition coefficient (Wildman–Crippen LogP) is 4.53. The van der Waals surface area contributed by atoms with Crippen molar-refractivity contribution in [1.82, 2.24) is 5.32 Å². The maximum Gasteiger partial charge on any atom is 0.269 e. The van der Waals surface area contributed by atoms with E-state index in [0.29, 0.717) is 5.71 Å². The van der Waals surface area contributed by atoms with E-state index in [0.717, 1.165) is 60.0 Å². The molecule has 3 rings (SSSR count). The van der Waals surface area contributed by atoms with E-state index in [1.807, 2.05) is 24.3 Å². The number of nitrogens with two attached hydrogens (primary N) is 1. The van der Waals surface area contributed by atoms with Crippen molar-refractivity contribution < 1.29 is 10.1 Å². The highest BCUT2D eigenvalue weighted by Crippen LogP contribution is 2.51. The Kier molecular flexibility index (Phi) is 6.53. The number of hydrogen-bond acceptors (Lipinski definition) is 6. The number of nitrogens with zero attached hydrogens (tertiary/aromatic N) is 2. The fourth-order valence-corrected chi connectivity index (χ4v) is 4.45. The molecule has 0 saturated carbocycles. The minimum atomic E-state index is -0.742. The Morgan fingerprint density at radius 2 is 1.87 bits per heavy atom. The van der Waals surface area contributed by atoms with Gasteiger partial charge in [-0.15, -0.1) is 0 Å². The second-order valence-electron chi connectivity index (χ2n) is 7.92. The molecule has 0 fully saturated rings. The Morgan fingerprint density at radius 1 is 1.20 bits per heavy atom. The van der Waals surface area contributed by atoms with Crippen LogP contribution >= 0.6 is 0 Å². The zero-order valence-corrected chi connectivity index (χ0v) is 17.8. The molecule has 0 bridgehead atoms. The third-order valence-electron chi connectivity index (χ3n) is 6.03. The van der Waals surface area contributed by atoms with E-state index in [9.17, 15) is 15.3 Å². The van der Waals surface area contributed by atoms with Gasteiger partial charge < -0.3 is 16.3 Å². The normalized spacial score (nSPS) is 18.7. The first-order valence-corrected chi connectivity index (χ1v) is 10.5. The van der Waals surface area contributed by atoms with Crippen LogP contribution in [-0.4, -0.2) is 28.4 Å². The lowest BCUT2D eigenvalue weighted by molar-refractivity contribution is -0.384. The first-order chi connectivity index (χ1) is 14.4.